The molecule has 2 atom stereocenters. The van der Waals surface area contributed by atoms with Gasteiger partial charge < -0.3 is 23.8 Å². The molecule has 0 amide bonds. The molecular formula is C11H22N2Na2O5. The maximum Gasteiger partial charge on any atom is 1.00 e. The number of carbonyl (C=O) groups is 3. The summed E-state index contributed by atoms with van der Waals surface area (Å²) < 4.78 is 8.55. The van der Waals surface area contributed by atoms with Gasteiger partial charge >= 0.3 is 77.2 Å². The second kappa shape index (κ2) is 12.1. The average Bonchev–Trinajstić information content (AvgIpc) is 2.25. The smallest absolute Gasteiger partial charge is 1.00 e. The first-order valence-electron chi connectivity index (χ1n) is 5.65. The van der Waals surface area contributed by atoms with E-state index in [4.69, 9.17) is 11.5 Å². The Balaban J connectivity index is -0.000000241. The van der Waals surface area contributed by atoms with E-state index in [-0.39, 0.29) is 73.8 Å². The van der Waals surface area contributed by atoms with Crippen LogP contribution in [0.5, 0.6) is 0 Å². The Labute approximate surface area is 166 Å². The minimum atomic E-state index is -1.41. The Morgan fingerprint density at radius 1 is 0.800 bits per heavy atom. The number of ether oxygens (including phenoxy) is 2. The van der Waals surface area contributed by atoms with Gasteiger partial charge in [0.05, 0.1) is 0 Å². The Hall–Kier alpha value is 0.530. The fourth-order valence-electron chi connectivity index (χ4n) is 0.866. The third kappa shape index (κ3) is 9.46. The summed E-state index contributed by atoms with van der Waals surface area (Å²) in [6.45, 7) is 6.77. The van der Waals surface area contributed by atoms with Gasteiger partial charge in [0.2, 0.25) is 0 Å². The fourth-order valence-corrected chi connectivity index (χ4v) is 0.866. The van der Waals surface area contributed by atoms with Crippen LogP contribution in [-0.2, 0) is 19.1 Å². The predicted molar refractivity (Wildman–Crippen MR) is 65.4 cm³/mol. The monoisotopic (exact) mass is 308 g/mol. The van der Waals surface area contributed by atoms with Crippen molar-refractivity contribution in [3.63, 3.8) is 0 Å². The summed E-state index contributed by atoms with van der Waals surface area (Å²) in [4.78, 5) is 33.7. The molecule has 0 heterocycles. The van der Waals surface area contributed by atoms with Crippen LogP contribution in [0.4, 0.5) is 4.79 Å². The van der Waals surface area contributed by atoms with Crippen LogP contribution in [0, 0.1) is 11.8 Å². The van der Waals surface area contributed by atoms with Gasteiger partial charge in [0.15, 0.2) is 0 Å². The van der Waals surface area contributed by atoms with Crippen molar-refractivity contribution in [1.82, 2.24) is 0 Å². The van der Waals surface area contributed by atoms with E-state index in [1.165, 1.54) is 0 Å². The molecule has 7 nitrogen and oxygen atoms in total. The predicted octanol–water partition coefficient (Wildman–Crippen LogP) is -5.61. The van der Waals surface area contributed by atoms with Gasteiger partial charge in [0.25, 0.3) is 0 Å². The SMILES string of the molecule is CC(C)[C@H](N)C(=O)OC(=O)OC(=O)[C@@H](N)C(C)C.[H-].[H-].[Na+].[Na+]. The van der Waals surface area contributed by atoms with Crippen molar-refractivity contribution in [2.24, 2.45) is 23.3 Å². The van der Waals surface area contributed by atoms with Gasteiger partial charge in [-0.05, 0) is 11.8 Å². The maximum absolute atomic E-state index is 11.3. The second-order valence-corrected chi connectivity index (χ2v) is 4.63. The summed E-state index contributed by atoms with van der Waals surface area (Å²) >= 11 is 0. The first kappa shape index (κ1) is 25.5. The zero-order valence-corrected chi connectivity index (χ0v) is 17.0. The molecule has 0 saturated heterocycles. The standard InChI is InChI=1S/C11H20N2O5.2Na.2H/c1-5(2)7(12)9(14)17-11(16)18-10(15)8(13)6(3)4;;;;/h5-8H,12-13H2,1-4H3;;;;/q;2*+1;2*-1/t7-,8-;;;;/m0..../s1. The van der Waals surface area contributed by atoms with E-state index in [0.29, 0.717) is 0 Å². The van der Waals surface area contributed by atoms with Crippen LogP contribution in [-0.4, -0.2) is 30.2 Å². The van der Waals surface area contributed by atoms with Crippen LogP contribution >= 0.6 is 0 Å². The van der Waals surface area contributed by atoms with E-state index in [0.717, 1.165) is 0 Å². The summed E-state index contributed by atoms with van der Waals surface area (Å²) in [5, 5.41) is 0. The minimum absolute atomic E-state index is 0. The van der Waals surface area contributed by atoms with Crippen LogP contribution in [0.25, 0.3) is 0 Å². The minimum Gasteiger partial charge on any atom is -1.00 e. The van der Waals surface area contributed by atoms with Gasteiger partial charge in [-0.2, -0.15) is 0 Å². The molecule has 0 aromatic carbocycles. The molecule has 4 N–H and O–H groups in total. The zero-order chi connectivity index (χ0) is 14.5. The molecule has 0 spiro atoms. The quantitative estimate of drug-likeness (QED) is 0.302. The van der Waals surface area contributed by atoms with Gasteiger partial charge in [0, 0.05) is 0 Å². The van der Waals surface area contributed by atoms with E-state index < -0.39 is 30.2 Å². The van der Waals surface area contributed by atoms with Crippen molar-refractivity contribution in [2.75, 3.05) is 0 Å². The van der Waals surface area contributed by atoms with Gasteiger partial charge in [-0.15, -0.1) is 0 Å². The molecule has 0 bridgehead atoms. The number of esters is 2. The van der Waals surface area contributed by atoms with E-state index in [1.807, 2.05) is 0 Å². The third-order valence-corrected chi connectivity index (χ3v) is 2.35. The van der Waals surface area contributed by atoms with Crippen molar-refractivity contribution in [1.29, 1.82) is 0 Å². The van der Waals surface area contributed by atoms with Crippen molar-refractivity contribution < 1.29 is 85.8 Å². The first-order chi connectivity index (χ1) is 8.16. The molecule has 9 heteroatoms. The summed E-state index contributed by atoms with van der Waals surface area (Å²) in [5.41, 5.74) is 10.9. The number of carbonyl (C=O) groups excluding carboxylic acids is 3. The van der Waals surface area contributed by atoms with E-state index in [9.17, 15) is 14.4 Å². The summed E-state index contributed by atoms with van der Waals surface area (Å²) in [6, 6.07) is -1.90. The number of hydrogen-bond donors (Lipinski definition) is 2. The number of rotatable bonds is 4. The molecule has 0 radical (unpaired) electrons. The van der Waals surface area contributed by atoms with Gasteiger partial charge in [0.1, 0.15) is 12.1 Å². The van der Waals surface area contributed by atoms with Crippen molar-refractivity contribution >= 4 is 18.1 Å². The van der Waals surface area contributed by atoms with Crippen LogP contribution < -0.4 is 70.6 Å². The number of hydrogen-bond acceptors (Lipinski definition) is 7. The van der Waals surface area contributed by atoms with Crippen molar-refractivity contribution in [3.05, 3.63) is 0 Å². The van der Waals surface area contributed by atoms with Crippen LogP contribution in [0.1, 0.15) is 30.5 Å². The number of nitrogens with two attached hydrogens (primary N) is 2. The van der Waals surface area contributed by atoms with Crippen LogP contribution in [0.15, 0.2) is 0 Å². The van der Waals surface area contributed by atoms with Crippen molar-refractivity contribution in [3.8, 4) is 0 Å². The van der Waals surface area contributed by atoms with E-state index in [2.05, 4.69) is 9.47 Å². The summed E-state index contributed by atoms with van der Waals surface area (Å²) in [7, 11) is 0. The van der Waals surface area contributed by atoms with Gasteiger partial charge in [-0.3, -0.25) is 0 Å². The molecule has 108 valence electrons. The summed E-state index contributed by atoms with van der Waals surface area (Å²) in [5.74, 6) is -2.28. The van der Waals surface area contributed by atoms with Gasteiger partial charge in [-0.25, -0.2) is 14.4 Å². The third-order valence-electron chi connectivity index (χ3n) is 2.35. The summed E-state index contributed by atoms with van der Waals surface area (Å²) in [6.07, 6.45) is -1.41. The van der Waals surface area contributed by atoms with Crippen LogP contribution in [0.2, 0.25) is 0 Å². The maximum atomic E-state index is 11.3. The Morgan fingerprint density at radius 3 is 1.25 bits per heavy atom. The van der Waals surface area contributed by atoms with Crippen LogP contribution in [0.3, 0.4) is 0 Å². The molecule has 0 rings (SSSR count). The molecular weight excluding hydrogens is 286 g/mol. The Morgan fingerprint density at radius 2 is 1.05 bits per heavy atom. The topological polar surface area (TPSA) is 122 Å². The molecule has 0 aliphatic carbocycles. The normalized spacial score (nSPS) is 12.8. The molecule has 0 saturated carbocycles. The molecule has 0 aromatic rings. The van der Waals surface area contributed by atoms with E-state index >= 15 is 0 Å². The molecule has 0 aliphatic heterocycles. The van der Waals surface area contributed by atoms with Crippen molar-refractivity contribution in [2.45, 2.75) is 39.8 Å². The molecule has 20 heavy (non-hydrogen) atoms. The molecule has 0 aliphatic rings. The Kier molecular flexibility index (Phi) is 15.4. The molecule has 0 aromatic heterocycles. The van der Waals surface area contributed by atoms with Gasteiger partial charge in [-0.1, -0.05) is 27.7 Å². The zero-order valence-electron chi connectivity index (χ0n) is 15.0. The molecule has 0 unspecified atom stereocenters. The molecule has 0 fully saturated rings. The fraction of sp³-hybridized carbons (Fsp3) is 0.727. The average molecular weight is 308 g/mol. The van der Waals surface area contributed by atoms with E-state index in [1.54, 1.807) is 27.7 Å². The first-order valence-corrected chi connectivity index (χ1v) is 5.65. The Bertz CT molecular complexity index is 316. The largest absolute Gasteiger partial charge is 1.00 e. The second-order valence-electron chi connectivity index (χ2n) is 4.63.